The highest BCUT2D eigenvalue weighted by Gasteiger charge is 2.21. The molecular formula is C25H20N2O5. The fourth-order valence-electron chi connectivity index (χ4n) is 3.60. The van der Waals surface area contributed by atoms with E-state index in [9.17, 15) is 19.7 Å². The zero-order valence-electron chi connectivity index (χ0n) is 17.1. The van der Waals surface area contributed by atoms with Crippen LogP contribution < -0.4 is 0 Å². The molecule has 0 fully saturated rings. The van der Waals surface area contributed by atoms with Crippen LogP contribution in [0.3, 0.4) is 0 Å². The van der Waals surface area contributed by atoms with Gasteiger partial charge in [0, 0.05) is 35.0 Å². The van der Waals surface area contributed by atoms with E-state index in [4.69, 9.17) is 4.74 Å². The summed E-state index contributed by atoms with van der Waals surface area (Å²) in [6, 6.07) is 22.4. The van der Waals surface area contributed by atoms with Crippen molar-refractivity contribution in [3.05, 3.63) is 111 Å². The van der Waals surface area contributed by atoms with Gasteiger partial charge in [0.1, 0.15) is 6.61 Å². The molecule has 0 aliphatic rings. The van der Waals surface area contributed by atoms with Crippen LogP contribution in [0.25, 0.3) is 10.9 Å². The van der Waals surface area contributed by atoms with Crippen LogP contribution in [0.1, 0.15) is 33.6 Å². The number of aromatic amines is 1. The first-order valence-electron chi connectivity index (χ1n) is 10.1. The molecule has 4 aromatic rings. The van der Waals surface area contributed by atoms with E-state index < -0.39 is 4.92 Å². The SMILES string of the molecule is O=C(CCc1c(C(=O)c2cccc([N+](=O)[O-])c2)[nH]c2ccccc12)OCc1ccccc1. The maximum absolute atomic E-state index is 13.2. The summed E-state index contributed by atoms with van der Waals surface area (Å²) in [5, 5.41) is 11.9. The lowest BCUT2D eigenvalue weighted by molar-refractivity contribution is -0.384. The summed E-state index contributed by atoms with van der Waals surface area (Å²) in [6.07, 6.45) is 0.400. The predicted molar refractivity (Wildman–Crippen MR) is 119 cm³/mol. The van der Waals surface area contributed by atoms with Gasteiger partial charge in [-0.1, -0.05) is 60.7 Å². The van der Waals surface area contributed by atoms with E-state index in [1.807, 2.05) is 54.6 Å². The first kappa shape index (κ1) is 21.0. The van der Waals surface area contributed by atoms with Crippen LogP contribution in [0.15, 0.2) is 78.9 Å². The molecule has 1 N–H and O–H groups in total. The number of ketones is 1. The Morgan fingerprint density at radius 2 is 1.69 bits per heavy atom. The monoisotopic (exact) mass is 428 g/mol. The lowest BCUT2D eigenvalue weighted by Crippen LogP contribution is -2.09. The number of non-ortho nitro benzene ring substituents is 1. The number of esters is 1. The predicted octanol–water partition coefficient (Wildman–Crippen LogP) is 4.98. The molecule has 1 aromatic heterocycles. The molecule has 32 heavy (non-hydrogen) atoms. The number of aryl methyl sites for hydroxylation is 1. The molecule has 0 aliphatic carbocycles. The number of H-pyrrole nitrogens is 1. The van der Waals surface area contributed by atoms with E-state index in [1.165, 1.54) is 18.2 Å². The second kappa shape index (κ2) is 9.26. The van der Waals surface area contributed by atoms with Crippen LogP contribution >= 0.6 is 0 Å². The second-order valence-corrected chi connectivity index (χ2v) is 7.31. The van der Waals surface area contributed by atoms with Crippen LogP contribution in [-0.4, -0.2) is 21.7 Å². The number of ether oxygens (including phenoxy) is 1. The quantitative estimate of drug-likeness (QED) is 0.184. The van der Waals surface area contributed by atoms with E-state index in [-0.39, 0.29) is 36.0 Å². The number of para-hydroxylation sites is 1. The molecule has 0 amide bonds. The third-order valence-electron chi connectivity index (χ3n) is 5.18. The number of benzene rings is 3. The van der Waals surface area contributed by atoms with Crippen molar-refractivity contribution in [1.29, 1.82) is 0 Å². The number of nitrogens with one attached hydrogen (secondary N) is 1. The average molecular weight is 428 g/mol. The Labute approximate surface area is 183 Å². The van der Waals surface area contributed by atoms with Crippen molar-refractivity contribution in [3.63, 3.8) is 0 Å². The van der Waals surface area contributed by atoms with Crippen molar-refractivity contribution >= 4 is 28.3 Å². The van der Waals surface area contributed by atoms with Crippen molar-refractivity contribution in [2.75, 3.05) is 0 Å². The van der Waals surface area contributed by atoms with Crippen LogP contribution in [0.4, 0.5) is 5.69 Å². The molecule has 0 atom stereocenters. The Balaban J connectivity index is 1.56. The smallest absolute Gasteiger partial charge is 0.306 e. The lowest BCUT2D eigenvalue weighted by Gasteiger charge is -2.07. The molecule has 3 aromatic carbocycles. The minimum absolute atomic E-state index is 0.101. The second-order valence-electron chi connectivity index (χ2n) is 7.31. The zero-order valence-corrected chi connectivity index (χ0v) is 17.1. The molecule has 0 bridgehead atoms. The number of nitro benzene ring substituents is 1. The molecular weight excluding hydrogens is 408 g/mol. The van der Waals surface area contributed by atoms with Gasteiger partial charge in [0.15, 0.2) is 0 Å². The molecule has 0 radical (unpaired) electrons. The molecule has 0 aliphatic heterocycles. The lowest BCUT2D eigenvalue weighted by atomic mass is 10.00. The fourth-order valence-corrected chi connectivity index (χ4v) is 3.60. The standard InChI is InChI=1S/C25H20N2O5/c28-23(32-16-17-7-2-1-3-8-17)14-13-21-20-11-4-5-12-22(20)26-24(21)25(29)18-9-6-10-19(15-18)27(30)31/h1-12,15,26H,13-14,16H2. The number of hydrogen-bond acceptors (Lipinski definition) is 5. The van der Waals surface area contributed by atoms with Crippen molar-refractivity contribution in [1.82, 2.24) is 4.98 Å². The average Bonchev–Trinajstić information content (AvgIpc) is 3.20. The highest BCUT2D eigenvalue weighted by Crippen LogP contribution is 2.27. The Bertz CT molecular complexity index is 1290. The summed E-state index contributed by atoms with van der Waals surface area (Å²) in [6.45, 7) is 0.188. The van der Waals surface area contributed by atoms with Gasteiger partial charge >= 0.3 is 5.97 Å². The maximum atomic E-state index is 13.2. The number of nitro groups is 1. The van der Waals surface area contributed by atoms with Crippen molar-refractivity contribution in [2.24, 2.45) is 0 Å². The minimum Gasteiger partial charge on any atom is -0.461 e. The van der Waals surface area contributed by atoms with Crippen molar-refractivity contribution < 1.29 is 19.2 Å². The Morgan fingerprint density at radius 3 is 2.47 bits per heavy atom. The van der Waals surface area contributed by atoms with Gasteiger partial charge in [-0.3, -0.25) is 19.7 Å². The Kier molecular flexibility index (Phi) is 6.07. The van der Waals surface area contributed by atoms with Crippen LogP contribution in [-0.2, 0) is 22.6 Å². The molecule has 7 heteroatoms. The summed E-state index contributed by atoms with van der Waals surface area (Å²) in [4.78, 5) is 39.2. The van der Waals surface area contributed by atoms with Gasteiger partial charge < -0.3 is 9.72 Å². The van der Waals surface area contributed by atoms with E-state index in [0.717, 1.165) is 16.5 Å². The summed E-state index contributed by atoms with van der Waals surface area (Å²) >= 11 is 0. The largest absolute Gasteiger partial charge is 0.461 e. The van der Waals surface area contributed by atoms with Crippen molar-refractivity contribution in [2.45, 2.75) is 19.4 Å². The van der Waals surface area contributed by atoms with E-state index in [2.05, 4.69) is 4.98 Å². The number of hydrogen-bond donors (Lipinski definition) is 1. The normalized spacial score (nSPS) is 10.8. The van der Waals surface area contributed by atoms with E-state index >= 15 is 0 Å². The molecule has 0 saturated heterocycles. The molecule has 1 heterocycles. The van der Waals surface area contributed by atoms with Crippen LogP contribution in [0.2, 0.25) is 0 Å². The van der Waals surface area contributed by atoms with Gasteiger partial charge in [0.2, 0.25) is 5.78 Å². The van der Waals surface area contributed by atoms with Gasteiger partial charge in [0.05, 0.1) is 10.6 Å². The fraction of sp³-hybridized carbons (Fsp3) is 0.120. The van der Waals surface area contributed by atoms with Gasteiger partial charge in [-0.2, -0.15) is 0 Å². The topological polar surface area (TPSA) is 102 Å². The first-order chi connectivity index (χ1) is 15.5. The number of carbonyl (C=O) groups is 2. The van der Waals surface area contributed by atoms with Gasteiger partial charge in [-0.25, -0.2) is 0 Å². The zero-order chi connectivity index (χ0) is 22.5. The molecule has 160 valence electrons. The van der Waals surface area contributed by atoms with E-state index in [0.29, 0.717) is 17.7 Å². The number of rotatable bonds is 8. The number of nitrogens with zero attached hydrogens (tertiary/aromatic N) is 1. The van der Waals surface area contributed by atoms with Gasteiger partial charge in [0.25, 0.3) is 5.69 Å². The molecule has 7 nitrogen and oxygen atoms in total. The number of aromatic nitrogens is 1. The van der Waals surface area contributed by atoms with Crippen molar-refractivity contribution in [3.8, 4) is 0 Å². The summed E-state index contributed by atoms with van der Waals surface area (Å²) < 4.78 is 5.36. The summed E-state index contributed by atoms with van der Waals surface area (Å²) in [5.41, 5.74) is 2.72. The summed E-state index contributed by atoms with van der Waals surface area (Å²) in [7, 11) is 0. The molecule has 0 unspecified atom stereocenters. The molecule has 0 saturated carbocycles. The third kappa shape index (κ3) is 4.57. The van der Waals surface area contributed by atoms with Crippen LogP contribution in [0.5, 0.6) is 0 Å². The van der Waals surface area contributed by atoms with Gasteiger partial charge in [-0.05, 0) is 23.6 Å². The first-order valence-corrected chi connectivity index (χ1v) is 10.1. The minimum atomic E-state index is -0.536. The Morgan fingerprint density at radius 1 is 0.938 bits per heavy atom. The highest BCUT2D eigenvalue weighted by atomic mass is 16.6. The van der Waals surface area contributed by atoms with Gasteiger partial charge in [-0.15, -0.1) is 0 Å². The maximum Gasteiger partial charge on any atom is 0.306 e. The molecule has 4 rings (SSSR count). The van der Waals surface area contributed by atoms with Crippen LogP contribution in [0, 0.1) is 10.1 Å². The third-order valence-corrected chi connectivity index (χ3v) is 5.18. The van der Waals surface area contributed by atoms with E-state index in [1.54, 1.807) is 6.07 Å². The Hall–Kier alpha value is -4.26. The summed E-state index contributed by atoms with van der Waals surface area (Å²) in [5.74, 6) is -0.731. The highest BCUT2D eigenvalue weighted by molar-refractivity contribution is 6.12. The number of fused-ring (bicyclic) bond motifs is 1. The number of carbonyl (C=O) groups excluding carboxylic acids is 2. The molecule has 0 spiro atoms.